The van der Waals surface area contributed by atoms with Crippen LogP contribution >= 0.6 is 0 Å². The summed E-state index contributed by atoms with van der Waals surface area (Å²) in [6, 6.07) is 0.546. The summed E-state index contributed by atoms with van der Waals surface area (Å²) in [6.07, 6.45) is 7.58. The van der Waals surface area contributed by atoms with Crippen molar-refractivity contribution in [1.82, 2.24) is 14.9 Å². The Morgan fingerprint density at radius 3 is 2.53 bits per heavy atom. The molecule has 0 saturated carbocycles. The Morgan fingerprint density at radius 2 is 1.84 bits per heavy atom. The lowest BCUT2D eigenvalue weighted by Crippen LogP contribution is -2.41. The topological polar surface area (TPSA) is 53.1 Å². The molecule has 19 heavy (non-hydrogen) atoms. The summed E-state index contributed by atoms with van der Waals surface area (Å²) in [7, 11) is 0. The van der Waals surface area contributed by atoms with E-state index in [9.17, 15) is 0 Å². The molecule has 2 rings (SSSR count). The fourth-order valence-corrected chi connectivity index (χ4v) is 2.46. The van der Waals surface area contributed by atoms with Crippen LogP contribution in [0.3, 0.4) is 0 Å². The average Bonchev–Trinajstić information content (AvgIpc) is 2.46. The molecule has 1 saturated heterocycles. The Balaban J connectivity index is 1.82. The minimum atomic E-state index is 0.546. The molecule has 1 aliphatic heterocycles. The van der Waals surface area contributed by atoms with E-state index in [1.807, 2.05) is 0 Å². The molecule has 1 unspecified atom stereocenters. The summed E-state index contributed by atoms with van der Waals surface area (Å²) < 4.78 is 0. The van der Waals surface area contributed by atoms with Crippen molar-refractivity contribution in [2.75, 3.05) is 36.8 Å². The number of hydrogen-bond acceptors (Lipinski definition) is 5. The molecule has 0 aliphatic carbocycles. The normalized spacial score (nSPS) is 18.0. The van der Waals surface area contributed by atoms with Crippen molar-refractivity contribution in [1.29, 1.82) is 0 Å². The smallest absolute Gasteiger partial charge is 0.147 e. The van der Waals surface area contributed by atoms with Gasteiger partial charge >= 0.3 is 0 Å². The fourth-order valence-electron chi connectivity index (χ4n) is 2.46. The van der Waals surface area contributed by atoms with Crippen molar-refractivity contribution in [2.45, 2.75) is 39.2 Å². The number of rotatable bonds is 6. The average molecular weight is 263 g/mol. The first-order valence-electron chi connectivity index (χ1n) is 7.33. The lowest BCUT2D eigenvalue weighted by Gasteiger charge is -2.32. The molecule has 1 aromatic heterocycles. The molecule has 5 heteroatoms. The lowest BCUT2D eigenvalue weighted by molar-refractivity contribution is 0.180. The van der Waals surface area contributed by atoms with Gasteiger partial charge in [-0.25, -0.2) is 4.98 Å². The Hall–Kier alpha value is -1.36. The van der Waals surface area contributed by atoms with E-state index >= 15 is 0 Å². The highest BCUT2D eigenvalue weighted by Gasteiger charge is 2.16. The van der Waals surface area contributed by atoms with E-state index in [2.05, 4.69) is 39.3 Å². The number of aromatic nitrogens is 2. The summed E-state index contributed by atoms with van der Waals surface area (Å²) in [6.45, 7) is 8.57. The Morgan fingerprint density at radius 1 is 1.16 bits per heavy atom. The zero-order chi connectivity index (χ0) is 13.5. The predicted molar refractivity (Wildman–Crippen MR) is 79.6 cm³/mol. The van der Waals surface area contributed by atoms with Crippen LogP contribution in [0, 0.1) is 0 Å². The molecule has 1 fully saturated rings. The van der Waals surface area contributed by atoms with Gasteiger partial charge in [0.15, 0.2) is 0 Å². The van der Waals surface area contributed by atoms with Gasteiger partial charge in [-0.3, -0.25) is 9.88 Å². The number of piperidine rings is 1. The van der Waals surface area contributed by atoms with Crippen LogP contribution in [0.2, 0.25) is 0 Å². The van der Waals surface area contributed by atoms with Crippen molar-refractivity contribution in [3.63, 3.8) is 0 Å². The largest absolute Gasteiger partial charge is 0.369 e. The zero-order valence-corrected chi connectivity index (χ0v) is 12.0. The molecule has 0 bridgehead atoms. The predicted octanol–water partition coefficient (Wildman–Crippen LogP) is 2.19. The van der Waals surface area contributed by atoms with Crippen molar-refractivity contribution in [3.8, 4) is 0 Å². The van der Waals surface area contributed by atoms with Gasteiger partial charge in [-0.15, -0.1) is 0 Å². The lowest BCUT2D eigenvalue weighted by atomic mass is 10.1. The van der Waals surface area contributed by atoms with Crippen molar-refractivity contribution in [2.24, 2.45) is 0 Å². The molecule has 1 aliphatic rings. The van der Waals surface area contributed by atoms with Crippen LogP contribution in [0.1, 0.15) is 33.1 Å². The molecule has 0 radical (unpaired) electrons. The maximum Gasteiger partial charge on any atom is 0.147 e. The first-order chi connectivity index (χ1) is 9.29. The van der Waals surface area contributed by atoms with Crippen LogP contribution in [-0.2, 0) is 0 Å². The molecule has 2 heterocycles. The van der Waals surface area contributed by atoms with Gasteiger partial charge < -0.3 is 10.6 Å². The van der Waals surface area contributed by atoms with Crippen LogP contribution in [0.25, 0.3) is 0 Å². The molecule has 0 spiro atoms. The van der Waals surface area contributed by atoms with E-state index in [0.29, 0.717) is 6.04 Å². The maximum absolute atomic E-state index is 4.48. The third-order valence-corrected chi connectivity index (χ3v) is 3.59. The van der Waals surface area contributed by atoms with Crippen molar-refractivity contribution < 1.29 is 0 Å². The molecule has 0 amide bonds. The third-order valence-electron chi connectivity index (χ3n) is 3.59. The number of nitrogens with zero attached hydrogens (tertiary/aromatic N) is 3. The highest BCUT2D eigenvalue weighted by atomic mass is 15.2. The van der Waals surface area contributed by atoms with Crippen LogP contribution in [-0.4, -0.2) is 47.1 Å². The van der Waals surface area contributed by atoms with Crippen molar-refractivity contribution in [3.05, 3.63) is 12.4 Å². The van der Waals surface area contributed by atoms with E-state index in [1.165, 1.54) is 32.4 Å². The third kappa shape index (κ3) is 4.35. The first kappa shape index (κ1) is 14.1. The van der Waals surface area contributed by atoms with Crippen LogP contribution in [0.4, 0.5) is 11.6 Å². The Kier molecular flexibility index (Phi) is 5.39. The molecule has 1 atom stereocenters. The SMILES string of the molecule is CCNc1cncc(NCC(C)N2CCCCC2)n1. The van der Waals surface area contributed by atoms with Gasteiger partial charge in [0.1, 0.15) is 11.6 Å². The number of hydrogen-bond donors (Lipinski definition) is 2. The van der Waals surface area contributed by atoms with Crippen LogP contribution < -0.4 is 10.6 Å². The number of likely N-dealkylation sites (tertiary alicyclic amines) is 1. The second-order valence-electron chi connectivity index (χ2n) is 5.15. The minimum absolute atomic E-state index is 0.546. The maximum atomic E-state index is 4.48. The van der Waals surface area contributed by atoms with Crippen molar-refractivity contribution >= 4 is 11.6 Å². The van der Waals surface area contributed by atoms with Gasteiger partial charge in [0.25, 0.3) is 0 Å². The van der Waals surface area contributed by atoms with E-state index in [1.54, 1.807) is 12.4 Å². The van der Waals surface area contributed by atoms with Crippen LogP contribution in [0.5, 0.6) is 0 Å². The monoisotopic (exact) mass is 263 g/mol. The molecule has 1 aromatic rings. The van der Waals surface area contributed by atoms with E-state index < -0.39 is 0 Å². The molecule has 5 nitrogen and oxygen atoms in total. The first-order valence-corrected chi connectivity index (χ1v) is 7.33. The highest BCUT2D eigenvalue weighted by molar-refractivity contribution is 5.41. The zero-order valence-electron chi connectivity index (χ0n) is 12.0. The van der Waals surface area contributed by atoms with E-state index in [-0.39, 0.29) is 0 Å². The summed E-state index contributed by atoms with van der Waals surface area (Å²) in [5, 5.41) is 6.56. The Labute approximate surface area is 115 Å². The second kappa shape index (κ2) is 7.28. The van der Waals surface area contributed by atoms with Gasteiger partial charge in [-0.1, -0.05) is 6.42 Å². The summed E-state index contributed by atoms with van der Waals surface area (Å²) in [5.41, 5.74) is 0. The molecule has 106 valence electrons. The summed E-state index contributed by atoms with van der Waals surface area (Å²) in [4.78, 5) is 11.2. The van der Waals surface area contributed by atoms with Gasteiger partial charge in [0.2, 0.25) is 0 Å². The Bertz CT molecular complexity index is 376. The quantitative estimate of drug-likeness (QED) is 0.824. The number of anilines is 2. The minimum Gasteiger partial charge on any atom is -0.369 e. The van der Waals surface area contributed by atoms with E-state index in [0.717, 1.165) is 24.7 Å². The standard InChI is InChI=1S/C14H25N5/c1-3-16-13-10-15-11-14(18-13)17-9-12(2)19-7-5-4-6-8-19/h10-12H,3-9H2,1-2H3,(H2,16,17,18). The summed E-state index contributed by atoms with van der Waals surface area (Å²) in [5.74, 6) is 1.68. The van der Waals surface area contributed by atoms with Gasteiger partial charge in [-0.2, -0.15) is 0 Å². The molecule has 0 aromatic carbocycles. The van der Waals surface area contributed by atoms with Crippen LogP contribution in [0.15, 0.2) is 12.4 Å². The van der Waals surface area contributed by atoms with E-state index in [4.69, 9.17) is 0 Å². The van der Waals surface area contributed by atoms with Gasteiger partial charge in [0.05, 0.1) is 12.4 Å². The second-order valence-corrected chi connectivity index (χ2v) is 5.15. The van der Waals surface area contributed by atoms with Gasteiger partial charge in [-0.05, 0) is 39.8 Å². The molecular weight excluding hydrogens is 238 g/mol. The fraction of sp³-hybridized carbons (Fsp3) is 0.714. The molecular formula is C14H25N5. The van der Waals surface area contributed by atoms with Gasteiger partial charge in [0, 0.05) is 19.1 Å². The summed E-state index contributed by atoms with van der Waals surface area (Å²) >= 11 is 0. The number of nitrogens with one attached hydrogen (secondary N) is 2. The molecule has 2 N–H and O–H groups in total. The highest BCUT2D eigenvalue weighted by Crippen LogP contribution is 2.13.